The summed E-state index contributed by atoms with van der Waals surface area (Å²) in [4.78, 5) is 0. The summed E-state index contributed by atoms with van der Waals surface area (Å²) in [7, 11) is 0. The minimum absolute atomic E-state index is 0. The molecule has 0 saturated carbocycles. The Morgan fingerprint density at radius 3 is 1.73 bits per heavy atom. The Hall–Kier alpha value is 1.60. The van der Waals surface area contributed by atoms with Crippen LogP contribution in [0.2, 0.25) is 0 Å². The predicted molar refractivity (Wildman–Crippen MR) is 42.9 cm³/mol. The smallest absolute Gasteiger partial charge is 0.854 e. The molecule has 0 aliphatic rings. The summed E-state index contributed by atoms with van der Waals surface area (Å²) >= 11 is 0. The maximum Gasteiger partial charge on any atom is 1.00 e. The van der Waals surface area contributed by atoms with Crippen molar-refractivity contribution in [3.63, 3.8) is 0 Å². The molecule has 0 aromatic carbocycles. The fraction of sp³-hybridized carbons (Fsp3) is 1.00. The molecule has 0 radical (unpaired) electrons. The molecular weight excluding hydrogens is 163 g/mol. The van der Waals surface area contributed by atoms with Gasteiger partial charge in [-0.15, -0.1) is 6.61 Å². The van der Waals surface area contributed by atoms with Crippen LogP contribution in [0.3, 0.4) is 0 Å². The van der Waals surface area contributed by atoms with Crippen molar-refractivity contribution < 1.29 is 56.5 Å². The summed E-state index contributed by atoms with van der Waals surface area (Å²) in [6, 6.07) is 0. The molecule has 0 atom stereocenters. The van der Waals surface area contributed by atoms with Gasteiger partial charge in [-0.3, -0.25) is 0 Å². The van der Waals surface area contributed by atoms with E-state index in [1.807, 2.05) is 0 Å². The van der Waals surface area contributed by atoms with E-state index in [9.17, 15) is 5.11 Å². The molecule has 0 heterocycles. The van der Waals surface area contributed by atoms with E-state index < -0.39 is 0 Å². The zero-order valence-corrected chi connectivity index (χ0v) is 11.2. The molecule has 0 unspecified atom stereocenters. The molecule has 0 amide bonds. The Labute approximate surface area is 113 Å². The largest absolute Gasteiger partial charge is 1.00 e. The Bertz CT molecular complexity index is 49.5. The van der Waals surface area contributed by atoms with Gasteiger partial charge in [0, 0.05) is 0 Å². The van der Waals surface area contributed by atoms with Crippen LogP contribution < -0.4 is 56.5 Å². The molecule has 11 heavy (non-hydrogen) atoms. The maximum absolute atomic E-state index is 10.0. The molecule has 0 saturated heterocycles. The Morgan fingerprint density at radius 1 is 0.818 bits per heavy atom. The monoisotopic (exact) mass is 182 g/mol. The molecule has 0 aliphatic carbocycles. The van der Waals surface area contributed by atoms with Crippen LogP contribution in [0.1, 0.15) is 51.9 Å². The molecular formula is C9H19KO. The molecule has 1 nitrogen and oxygen atoms in total. The summed E-state index contributed by atoms with van der Waals surface area (Å²) in [6.07, 6.45) is 8.64. The second kappa shape index (κ2) is 14.1. The van der Waals surface area contributed by atoms with E-state index in [-0.39, 0.29) is 58.0 Å². The molecule has 0 bridgehead atoms. The average molecular weight is 182 g/mol. The van der Waals surface area contributed by atoms with Gasteiger partial charge in [-0.25, -0.2) is 0 Å². The van der Waals surface area contributed by atoms with Gasteiger partial charge in [0.15, 0.2) is 0 Å². The van der Waals surface area contributed by atoms with Crippen LogP contribution in [0, 0.1) is 0 Å². The average Bonchev–Trinajstić information content (AvgIpc) is 1.97. The minimum atomic E-state index is 0. The van der Waals surface area contributed by atoms with Gasteiger partial charge in [-0.2, -0.15) is 0 Å². The number of rotatable bonds is 7. The molecule has 0 aromatic rings. The second-order valence-corrected chi connectivity index (χ2v) is 2.83. The summed E-state index contributed by atoms with van der Waals surface area (Å²) in [5, 5.41) is 10.0. The fourth-order valence-electron chi connectivity index (χ4n) is 1.06. The Balaban J connectivity index is 0. The van der Waals surface area contributed by atoms with Crippen LogP contribution in [0.4, 0.5) is 0 Å². The van der Waals surface area contributed by atoms with Crippen molar-refractivity contribution in [2.45, 2.75) is 51.9 Å². The second-order valence-electron chi connectivity index (χ2n) is 2.83. The topological polar surface area (TPSA) is 23.1 Å². The zero-order valence-electron chi connectivity index (χ0n) is 8.07. The van der Waals surface area contributed by atoms with Gasteiger partial charge in [0.2, 0.25) is 0 Å². The molecule has 0 spiro atoms. The van der Waals surface area contributed by atoms with Crippen molar-refractivity contribution in [3.8, 4) is 0 Å². The maximum atomic E-state index is 10.0. The first-order valence-corrected chi connectivity index (χ1v) is 4.50. The summed E-state index contributed by atoms with van der Waals surface area (Å²) in [5.74, 6) is 0. The van der Waals surface area contributed by atoms with E-state index in [0.717, 1.165) is 12.8 Å². The zero-order chi connectivity index (χ0) is 7.66. The quantitative estimate of drug-likeness (QED) is 0.370. The van der Waals surface area contributed by atoms with Crippen LogP contribution in [-0.4, -0.2) is 6.61 Å². The number of hydrogen-bond donors (Lipinski definition) is 0. The molecule has 2 heteroatoms. The SMILES string of the molecule is CCCCCCCCC[O-].[K+]. The fourth-order valence-corrected chi connectivity index (χ4v) is 1.06. The first-order chi connectivity index (χ1) is 4.91. The van der Waals surface area contributed by atoms with Crippen molar-refractivity contribution in [2.75, 3.05) is 6.61 Å². The molecule has 0 N–H and O–H groups in total. The van der Waals surface area contributed by atoms with Crippen LogP contribution in [0.25, 0.3) is 0 Å². The predicted octanol–water partition coefficient (Wildman–Crippen LogP) is -0.899. The molecule has 0 fully saturated rings. The van der Waals surface area contributed by atoms with Gasteiger partial charge in [0.1, 0.15) is 0 Å². The third kappa shape index (κ3) is 14.5. The van der Waals surface area contributed by atoms with E-state index in [0.29, 0.717) is 0 Å². The molecule has 0 aliphatic heterocycles. The summed E-state index contributed by atoms with van der Waals surface area (Å²) in [5.41, 5.74) is 0. The number of unbranched alkanes of at least 4 members (excludes halogenated alkanes) is 6. The first kappa shape index (κ1) is 15.1. The van der Waals surface area contributed by atoms with Gasteiger partial charge >= 0.3 is 51.4 Å². The molecule has 0 rings (SSSR count). The van der Waals surface area contributed by atoms with Crippen LogP contribution >= 0.6 is 0 Å². The van der Waals surface area contributed by atoms with Crippen molar-refractivity contribution in [3.05, 3.63) is 0 Å². The van der Waals surface area contributed by atoms with Gasteiger partial charge in [0.25, 0.3) is 0 Å². The van der Waals surface area contributed by atoms with Crippen LogP contribution in [-0.2, 0) is 0 Å². The third-order valence-electron chi connectivity index (χ3n) is 1.75. The molecule has 0 aromatic heterocycles. The summed E-state index contributed by atoms with van der Waals surface area (Å²) in [6.45, 7) is 2.34. The third-order valence-corrected chi connectivity index (χ3v) is 1.75. The van der Waals surface area contributed by atoms with Gasteiger partial charge in [0.05, 0.1) is 0 Å². The Morgan fingerprint density at radius 2 is 1.27 bits per heavy atom. The summed E-state index contributed by atoms with van der Waals surface area (Å²) < 4.78 is 0. The van der Waals surface area contributed by atoms with Gasteiger partial charge < -0.3 is 5.11 Å². The molecule has 62 valence electrons. The van der Waals surface area contributed by atoms with Crippen molar-refractivity contribution in [1.29, 1.82) is 0 Å². The van der Waals surface area contributed by atoms with Crippen molar-refractivity contribution >= 4 is 0 Å². The number of hydrogen-bond acceptors (Lipinski definition) is 1. The van der Waals surface area contributed by atoms with E-state index >= 15 is 0 Å². The first-order valence-electron chi connectivity index (χ1n) is 4.50. The Kier molecular flexibility index (Phi) is 19.4. The normalized spacial score (nSPS) is 9.27. The van der Waals surface area contributed by atoms with Gasteiger partial charge in [-0.05, 0) is 0 Å². The van der Waals surface area contributed by atoms with E-state index in [1.54, 1.807) is 0 Å². The van der Waals surface area contributed by atoms with Crippen molar-refractivity contribution in [1.82, 2.24) is 0 Å². The van der Waals surface area contributed by atoms with E-state index in [2.05, 4.69) is 6.92 Å². The van der Waals surface area contributed by atoms with E-state index in [4.69, 9.17) is 0 Å². The minimum Gasteiger partial charge on any atom is -0.854 e. The van der Waals surface area contributed by atoms with Crippen LogP contribution in [0.15, 0.2) is 0 Å². The van der Waals surface area contributed by atoms with Gasteiger partial charge in [-0.1, -0.05) is 51.9 Å². The standard InChI is InChI=1S/C9H19O.K/c1-2-3-4-5-6-7-8-9-10;/h2-9H2,1H3;/q-1;+1. The van der Waals surface area contributed by atoms with Crippen LogP contribution in [0.5, 0.6) is 0 Å². The van der Waals surface area contributed by atoms with E-state index in [1.165, 1.54) is 32.1 Å². The van der Waals surface area contributed by atoms with Crippen molar-refractivity contribution in [2.24, 2.45) is 0 Å².